The molecule has 0 fully saturated rings. The van der Waals surface area contributed by atoms with Crippen LogP contribution in [0.2, 0.25) is 0 Å². The van der Waals surface area contributed by atoms with Crippen LogP contribution in [0.1, 0.15) is 19.4 Å². The molecular weight excluding hydrogens is 216 g/mol. The van der Waals surface area contributed by atoms with Gasteiger partial charge < -0.3 is 15.7 Å². The lowest BCUT2D eigenvalue weighted by Gasteiger charge is -2.28. The van der Waals surface area contributed by atoms with Crippen molar-refractivity contribution in [2.75, 3.05) is 13.6 Å². The fourth-order valence-electron chi connectivity index (χ4n) is 1.58. The molecule has 0 unspecified atom stereocenters. The molecule has 0 spiro atoms. The van der Waals surface area contributed by atoms with Crippen molar-refractivity contribution in [3.05, 3.63) is 29.8 Å². The molecule has 0 saturated heterocycles. The highest BCUT2D eigenvalue weighted by atomic mass is 16.3. The minimum Gasteiger partial charge on any atom is -0.508 e. The predicted octanol–water partition coefficient (Wildman–Crippen LogP) is 1.34. The van der Waals surface area contributed by atoms with E-state index in [1.165, 1.54) is 0 Å². The first-order chi connectivity index (χ1) is 7.88. The van der Waals surface area contributed by atoms with Crippen molar-refractivity contribution in [2.24, 2.45) is 11.1 Å². The van der Waals surface area contributed by atoms with E-state index in [0.29, 0.717) is 13.1 Å². The Kier molecular flexibility index (Phi) is 4.12. The maximum atomic E-state index is 12.1. The van der Waals surface area contributed by atoms with Gasteiger partial charge in [-0.15, -0.1) is 0 Å². The summed E-state index contributed by atoms with van der Waals surface area (Å²) in [7, 11) is 1.71. The number of hydrogen-bond donors (Lipinski definition) is 2. The number of carbonyl (C=O) groups is 1. The number of nitrogens with two attached hydrogens (primary N) is 1. The van der Waals surface area contributed by atoms with Crippen LogP contribution >= 0.6 is 0 Å². The van der Waals surface area contributed by atoms with Crippen molar-refractivity contribution >= 4 is 5.91 Å². The summed E-state index contributed by atoms with van der Waals surface area (Å²) in [6.45, 7) is 4.32. The molecule has 0 atom stereocenters. The second-order valence-electron chi connectivity index (χ2n) is 4.88. The van der Waals surface area contributed by atoms with E-state index in [1.54, 1.807) is 30.1 Å². The second kappa shape index (κ2) is 5.19. The Bertz CT molecular complexity index is 402. The zero-order valence-corrected chi connectivity index (χ0v) is 10.6. The quantitative estimate of drug-likeness (QED) is 0.829. The molecule has 0 heterocycles. The van der Waals surface area contributed by atoms with Gasteiger partial charge in [-0.2, -0.15) is 0 Å². The van der Waals surface area contributed by atoms with Crippen molar-refractivity contribution in [1.82, 2.24) is 4.90 Å². The molecular formula is C13H20N2O2. The first kappa shape index (κ1) is 13.5. The van der Waals surface area contributed by atoms with E-state index in [0.717, 1.165) is 5.56 Å². The maximum Gasteiger partial charge on any atom is 0.229 e. The number of amides is 1. The number of hydrogen-bond acceptors (Lipinski definition) is 3. The van der Waals surface area contributed by atoms with E-state index in [-0.39, 0.29) is 11.7 Å². The van der Waals surface area contributed by atoms with Gasteiger partial charge in [-0.05, 0) is 19.9 Å². The van der Waals surface area contributed by atoms with Gasteiger partial charge in [0.2, 0.25) is 5.91 Å². The molecule has 0 radical (unpaired) electrons. The van der Waals surface area contributed by atoms with Crippen LogP contribution in [-0.2, 0) is 11.3 Å². The zero-order chi connectivity index (χ0) is 13.1. The van der Waals surface area contributed by atoms with Gasteiger partial charge in [0.1, 0.15) is 5.75 Å². The number of aromatic hydroxyl groups is 1. The van der Waals surface area contributed by atoms with Gasteiger partial charge in [-0.25, -0.2) is 0 Å². The van der Waals surface area contributed by atoms with Crippen LogP contribution in [0.25, 0.3) is 0 Å². The highest BCUT2D eigenvalue weighted by Crippen LogP contribution is 2.21. The average Bonchev–Trinajstić information content (AvgIpc) is 2.31. The lowest BCUT2D eigenvalue weighted by atomic mass is 9.92. The Morgan fingerprint density at radius 1 is 1.41 bits per heavy atom. The molecule has 0 aliphatic rings. The van der Waals surface area contributed by atoms with E-state index in [2.05, 4.69) is 0 Å². The molecule has 0 aliphatic carbocycles. The molecule has 4 heteroatoms. The Morgan fingerprint density at radius 3 is 2.53 bits per heavy atom. The van der Waals surface area contributed by atoms with Gasteiger partial charge in [0.25, 0.3) is 0 Å². The molecule has 94 valence electrons. The molecule has 1 aromatic rings. The van der Waals surface area contributed by atoms with E-state index < -0.39 is 5.41 Å². The van der Waals surface area contributed by atoms with Gasteiger partial charge in [-0.1, -0.05) is 18.2 Å². The molecule has 1 aromatic carbocycles. The van der Waals surface area contributed by atoms with Crippen LogP contribution in [-0.4, -0.2) is 29.5 Å². The summed E-state index contributed by atoms with van der Waals surface area (Å²) in [4.78, 5) is 13.7. The lowest BCUT2D eigenvalue weighted by Crippen LogP contribution is -2.42. The Labute approximate surface area is 102 Å². The molecule has 4 nitrogen and oxygen atoms in total. The molecule has 0 aromatic heterocycles. The Balaban J connectivity index is 2.77. The number of phenols is 1. The summed E-state index contributed by atoms with van der Waals surface area (Å²) in [5, 5.41) is 9.64. The molecule has 17 heavy (non-hydrogen) atoms. The van der Waals surface area contributed by atoms with Gasteiger partial charge in [0, 0.05) is 25.7 Å². The number of para-hydroxylation sites is 1. The molecule has 1 rings (SSSR count). The highest BCUT2D eigenvalue weighted by Gasteiger charge is 2.29. The normalized spacial score (nSPS) is 11.3. The lowest BCUT2D eigenvalue weighted by molar-refractivity contribution is -0.139. The summed E-state index contributed by atoms with van der Waals surface area (Å²) >= 11 is 0. The van der Waals surface area contributed by atoms with Crippen LogP contribution in [0.3, 0.4) is 0 Å². The highest BCUT2D eigenvalue weighted by molar-refractivity contribution is 5.82. The van der Waals surface area contributed by atoms with Gasteiger partial charge in [0.05, 0.1) is 5.41 Å². The minimum absolute atomic E-state index is 0.0248. The number of benzene rings is 1. The third-order valence-electron chi connectivity index (χ3n) is 2.84. The Morgan fingerprint density at radius 2 is 2.00 bits per heavy atom. The number of nitrogens with zero attached hydrogens (tertiary/aromatic N) is 1. The predicted molar refractivity (Wildman–Crippen MR) is 67.4 cm³/mol. The summed E-state index contributed by atoms with van der Waals surface area (Å²) in [6, 6.07) is 7.00. The third kappa shape index (κ3) is 3.20. The van der Waals surface area contributed by atoms with E-state index in [9.17, 15) is 9.90 Å². The molecule has 3 N–H and O–H groups in total. The van der Waals surface area contributed by atoms with E-state index >= 15 is 0 Å². The standard InChI is InChI=1S/C13H20N2O2/c1-13(2,9-14)12(17)15(3)8-10-6-4-5-7-11(10)16/h4-7,16H,8-9,14H2,1-3H3. The SMILES string of the molecule is CN(Cc1ccccc1O)C(=O)C(C)(C)CN. The number of carbonyl (C=O) groups excluding carboxylic acids is 1. The van der Waals surface area contributed by atoms with Gasteiger partial charge in [0.15, 0.2) is 0 Å². The first-order valence-electron chi connectivity index (χ1n) is 5.61. The summed E-state index contributed by atoms with van der Waals surface area (Å²) in [5.74, 6) is 0.181. The molecule has 0 aliphatic heterocycles. The number of phenolic OH excluding ortho intramolecular Hbond substituents is 1. The van der Waals surface area contributed by atoms with Crippen molar-refractivity contribution in [2.45, 2.75) is 20.4 Å². The van der Waals surface area contributed by atoms with E-state index in [4.69, 9.17) is 5.73 Å². The summed E-state index contributed by atoms with van der Waals surface area (Å²) in [6.07, 6.45) is 0. The van der Waals surface area contributed by atoms with Gasteiger partial charge in [-0.3, -0.25) is 4.79 Å². The topological polar surface area (TPSA) is 66.6 Å². The summed E-state index contributed by atoms with van der Waals surface area (Å²) in [5.41, 5.74) is 5.73. The van der Waals surface area contributed by atoms with Crippen LogP contribution in [0.5, 0.6) is 5.75 Å². The van der Waals surface area contributed by atoms with Crippen molar-refractivity contribution in [3.8, 4) is 5.75 Å². The van der Waals surface area contributed by atoms with E-state index in [1.807, 2.05) is 19.9 Å². The fraction of sp³-hybridized carbons (Fsp3) is 0.462. The summed E-state index contributed by atoms with van der Waals surface area (Å²) < 4.78 is 0. The number of rotatable bonds is 4. The third-order valence-corrected chi connectivity index (χ3v) is 2.84. The smallest absolute Gasteiger partial charge is 0.229 e. The minimum atomic E-state index is -0.570. The monoisotopic (exact) mass is 236 g/mol. The molecule has 1 amide bonds. The van der Waals surface area contributed by atoms with Crippen molar-refractivity contribution < 1.29 is 9.90 Å². The van der Waals surface area contributed by atoms with Crippen molar-refractivity contribution in [3.63, 3.8) is 0 Å². The first-order valence-corrected chi connectivity index (χ1v) is 5.61. The molecule has 0 saturated carbocycles. The van der Waals surface area contributed by atoms with Crippen LogP contribution in [0.4, 0.5) is 0 Å². The van der Waals surface area contributed by atoms with Crippen molar-refractivity contribution in [1.29, 1.82) is 0 Å². The van der Waals surface area contributed by atoms with Crippen LogP contribution in [0, 0.1) is 5.41 Å². The van der Waals surface area contributed by atoms with Crippen LogP contribution in [0.15, 0.2) is 24.3 Å². The largest absolute Gasteiger partial charge is 0.508 e. The maximum absolute atomic E-state index is 12.1. The average molecular weight is 236 g/mol. The fourth-order valence-corrected chi connectivity index (χ4v) is 1.58. The van der Waals surface area contributed by atoms with Gasteiger partial charge >= 0.3 is 0 Å². The molecule has 0 bridgehead atoms. The second-order valence-corrected chi connectivity index (χ2v) is 4.88. The van der Waals surface area contributed by atoms with Crippen LogP contribution < -0.4 is 5.73 Å². The Hall–Kier alpha value is -1.55. The zero-order valence-electron chi connectivity index (χ0n) is 10.6.